The Kier molecular flexibility index (Phi) is 4.11. The summed E-state index contributed by atoms with van der Waals surface area (Å²) in [5.74, 6) is 1.04. The van der Waals surface area contributed by atoms with Crippen LogP contribution >= 0.6 is 11.3 Å². The third-order valence-electron chi connectivity index (χ3n) is 3.52. The number of nitrogens with zero attached hydrogens (tertiary/aromatic N) is 6. The van der Waals surface area contributed by atoms with E-state index in [-0.39, 0.29) is 6.03 Å². The summed E-state index contributed by atoms with van der Waals surface area (Å²) in [6.07, 6.45) is 3.75. The minimum absolute atomic E-state index is 0.108. The number of anilines is 1. The van der Waals surface area contributed by atoms with Crippen molar-refractivity contribution in [3.8, 4) is 0 Å². The average Bonchev–Trinajstić information content (AvgIpc) is 3.12. The number of nitrogens with one attached hydrogen (secondary N) is 1. The molecule has 0 aliphatic carbocycles. The lowest BCUT2D eigenvalue weighted by Gasteiger charge is -2.34. The summed E-state index contributed by atoms with van der Waals surface area (Å²) in [7, 11) is 1.99. The van der Waals surface area contributed by atoms with Crippen LogP contribution in [0.4, 0.5) is 9.93 Å². The maximum atomic E-state index is 12.1. The van der Waals surface area contributed by atoms with Crippen molar-refractivity contribution >= 4 is 22.5 Å². The van der Waals surface area contributed by atoms with E-state index in [4.69, 9.17) is 0 Å². The zero-order valence-electron chi connectivity index (χ0n) is 11.8. The van der Waals surface area contributed by atoms with Gasteiger partial charge in [0.2, 0.25) is 5.13 Å². The van der Waals surface area contributed by atoms with Crippen LogP contribution in [-0.4, -0.2) is 61.8 Å². The number of piperazine rings is 1. The summed E-state index contributed by atoms with van der Waals surface area (Å²) in [5, 5.41) is 10.8. The second-order valence-electron chi connectivity index (χ2n) is 4.89. The number of carbonyl (C=O) groups is 1. The smallest absolute Gasteiger partial charge is 0.323 e. The van der Waals surface area contributed by atoms with Crippen LogP contribution in [0.5, 0.6) is 0 Å². The second kappa shape index (κ2) is 6.19. The van der Waals surface area contributed by atoms with E-state index in [1.807, 2.05) is 17.8 Å². The van der Waals surface area contributed by atoms with Gasteiger partial charge in [0, 0.05) is 45.6 Å². The molecule has 2 aromatic heterocycles. The molecule has 0 unspecified atom stereocenters. The van der Waals surface area contributed by atoms with Gasteiger partial charge in [0.05, 0.1) is 6.54 Å². The molecule has 0 aromatic carbocycles. The number of hydrogen-bond acceptors (Lipinski definition) is 6. The highest BCUT2D eigenvalue weighted by Gasteiger charge is 2.22. The molecule has 2 amide bonds. The fourth-order valence-electron chi connectivity index (χ4n) is 2.26. The van der Waals surface area contributed by atoms with Crippen LogP contribution in [0, 0.1) is 0 Å². The van der Waals surface area contributed by atoms with Crippen molar-refractivity contribution in [2.24, 2.45) is 7.05 Å². The highest BCUT2D eigenvalue weighted by Crippen LogP contribution is 2.11. The Morgan fingerprint density at radius 2 is 2.19 bits per heavy atom. The minimum Gasteiger partial charge on any atom is -0.337 e. The van der Waals surface area contributed by atoms with Gasteiger partial charge >= 0.3 is 6.03 Å². The molecule has 3 heterocycles. The van der Waals surface area contributed by atoms with Gasteiger partial charge in [-0.3, -0.25) is 10.2 Å². The largest absolute Gasteiger partial charge is 0.337 e. The fraction of sp³-hybridized carbons (Fsp3) is 0.500. The highest BCUT2D eigenvalue weighted by molar-refractivity contribution is 7.13. The molecule has 1 fully saturated rings. The predicted octanol–water partition coefficient (Wildman–Crippen LogP) is 0.621. The minimum atomic E-state index is -0.108. The van der Waals surface area contributed by atoms with Gasteiger partial charge in [-0.1, -0.05) is 11.3 Å². The lowest BCUT2D eigenvalue weighted by atomic mass is 10.3. The normalized spacial score (nSPS) is 16.1. The topological polar surface area (TPSA) is 79.2 Å². The van der Waals surface area contributed by atoms with E-state index in [2.05, 4.69) is 25.4 Å². The zero-order valence-corrected chi connectivity index (χ0v) is 12.6. The molecule has 1 aliphatic rings. The maximum absolute atomic E-state index is 12.1. The Balaban J connectivity index is 1.48. The van der Waals surface area contributed by atoms with Crippen LogP contribution in [0.15, 0.2) is 17.9 Å². The number of aromatic nitrogens is 4. The number of rotatable bonds is 3. The van der Waals surface area contributed by atoms with Crippen molar-refractivity contribution in [2.75, 3.05) is 31.5 Å². The number of urea groups is 1. The Labute approximate surface area is 126 Å². The third-order valence-corrected chi connectivity index (χ3v) is 4.13. The van der Waals surface area contributed by atoms with E-state index in [0.29, 0.717) is 18.2 Å². The Bertz CT molecular complexity index is 589. The number of imidazole rings is 1. The first kappa shape index (κ1) is 14.0. The Morgan fingerprint density at radius 1 is 1.38 bits per heavy atom. The molecule has 0 atom stereocenters. The predicted molar refractivity (Wildman–Crippen MR) is 79.0 cm³/mol. The first-order valence-corrected chi connectivity index (χ1v) is 7.61. The summed E-state index contributed by atoms with van der Waals surface area (Å²) in [5.41, 5.74) is 1.60. The first-order valence-electron chi connectivity index (χ1n) is 6.73. The standard InChI is InChI=1S/C12H17N7OS/c1-17-3-2-13-10(17)8-18-4-6-19(7-5-18)12(20)15-11-16-14-9-21-11/h2-3,9H,4-8H2,1H3,(H,15,16,20). The molecule has 1 saturated heterocycles. The van der Waals surface area contributed by atoms with Gasteiger partial charge in [-0.25, -0.2) is 9.78 Å². The van der Waals surface area contributed by atoms with E-state index in [9.17, 15) is 4.79 Å². The van der Waals surface area contributed by atoms with Gasteiger partial charge < -0.3 is 9.47 Å². The van der Waals surface area contributed by atoms with Crippen LogP contribution in [0.1, 0.15) is 5.82 Å². The van der Waals surface area contributed by atoms with Gasteiger partial charge in [-0.15, -0.1) is 10.2 Å². The van der Waals surface area contributed by atoms with E-state index in [1.165, 1.54) is 11.3 Å². The molecule has 21 heavy (non-hydrogen) atoms. The van der Waals surface area contributed by atoms with E-state index < -0.39 is 0 Å². The number of hydrogen-bond donors (Lipinski definition) is 1. The molecule has 9 heteroatoms. The van der Waals surface area contributed by atoms with Gasteiger partial charge in [0.1, 0.15) is 11.3 Å². The van der Waals surface area contributed by atoms with E-state index in [1.54, 1.807) is 16.6 Å². The fourth-order valence-corrected chi connectivity index (χ4v) is 2.69. The van der Waals surface area contributed by atoms with Gasteiger partial charge in [0.15, 0.2) is 0 Å². The average molecular weight is 307 g/mol. The lowest BCUT2D eigenvalue weighted by Crippen LogP contribution is -2.49. The van der Waals surface area contributed by atoms with Crippen molar-refractivity contribution in [3.63, 3.8) is 0 Å². The van der Waals surface area contributed by atoms with Gasteiger partial charge in [0.25, 0.3) is 0 Å². The molecule has 112 valence electrons. The molecular formula is C12H17N7OS. The SMILES string of the molecule is Cn1ccnc1CN1CCN(C(=O)Nc2nncs2)CC1. The molecule has 8 nitrogen and oxygen atoms in total. The van der Waals surface area contributed by atoms with Gasteiger partial charge in [-0.05, 0) is 0 Å². The quantitative estimate of drug-likeness (QED) is 0.899. The Hall–Kier alpha value is -2.00. The summed E-state index contributed by atoms with van der Waals surface area (Å²) >= 11 is 1.32. The molecule has 2 aromatic rings. The molecule has 0 saturated carbocycles. The molecule has 3 rings (SSSR count). The van der Waals surface area contributed by atoms with Crippen LogP contribution in [0.3, 0.4) is 0 Å². The molecule has 1 N–H and O–H groups in total. The van der Waals surface area contributed by atoms with Crippen LogP contribution in [0.25, 0.3) is 0 Å². The van der Waals surface area contributed by atoms with Crippen molar-refractivity contribution in [2.45, 2.75) is 6.54 Å². The zero-order chi connectivity index (χ0) is 14.7. The van der Waals surface area contributed by atoms with E-state index in [0.717, 1.165) is 25.5 Å². The van der Waals surface area contributed by atoms with Crippen LogP contribution in [-0.2, 0) is 13.6 Å². The second-order valence-corrected chi connectivity index (χ2v) is 5.72. The number of carbonyl (C=O) groups excluding carboxylic acids is 1. The number of amides is 2. The monoisotopic (exact) mass is 307 g/mol. The number of aryl methyl sites for hydroxylation is 1. The molecule has 0 bridgehead atoms. The summed E-state index contributed by atoms with van der Waals surface area (Å²) in [6.45, 7) is 3.91. The maximum Gasteiger partial charge on any atom is 0.323 e. The Morgan fingerprint density at radius 3 is 2.81 bits per heavy atom. The van der Waals surface area contributed by atoms with Crippen molar-refractivity contribution in [1.29, 1.82) is 0 Å². The molecular weight excluding hydrogens is 290 g/mol. The summed E-state index contributed by atoms with van der Waals surface area (Å²) in [6, 6.07) is -0.108. The van der Waals surface area contributed by atoms with Crippen molar-refractivity contribution < 1.29 is 4.79 Å². The summed E-state index contributed by atoms with van der Waals surface area (Å²) < 4.78 is 2.02. The summed E-state index contributed by atoms with van der Waals surface area (Å²) in [4.78, 5) is 20.5. The van der Waals surface area contributed by atoms with Crippen molar-refractivity contribution in [3.05, 3.63) is 23.7 Å². The molecule has 1 aliphatic heterocycles. The van der Waals surface area contributed by atoms with Crippen molar-refractivity contribution in [1.82, 2.24) is 29.5 Å². The van der Waals surface area contributed by atoms with Gasteiger partial charge in [-0.2, -0.15) is 0 Å². The first-order chi connectivity index (χ1) is 10.2. The molecule has 0 radical (unpaired) electrons. The highest BCUT2D eigenvalue weighted by atomic mass is 32.1. The van der Waals surface area contributed by atoms with Crippen LogP contribution < -0.4 is 5.32 Å². The van der Waals surface area contributed by atoms with Crippen LogP contribution in [0.2, 0.25) is 0 Å². The lowest BCUT2D eigenvalue weighted by molar-refractivity contribution is 0.140. The molecule has 0 spiro atoms. The van der Waals surface area contributed by atoms with E-state index >= 15 is 0 Å². The third kappa shape index (κ3) is 3.37.